The Morgan fingerprint density at radius 2 is 0.794 bits per heavy atom. The summed E-state index contributed by atoms with van der Waals surface area (Å²) in [6.07, 6.45) is 2.19. The number of nitrogens with zero attached hydrogens (tertiary/aromatic N) is 3. The van der Waals surface area contributed by atoms with Crippen LogP contribution in [0.2, 0.25) is 0 Å². The Morgan fingerprint density at radius 1 is 0.412 bits per heavy atom. The highest BCUT2D eigenvalue weighted by atomic mass is 14.9. The maximum absolute atomic E-state index is 5.25. The van der Waals surface area contributed by atoms with Crippen molar-refractivity contribution in [2.45, 2.75) is 26.2 Å². The third-order valence-corrected chi connectivity index (χ3v) is 13.5. The van der Waals surface area contributed by atoms with Gasteiger partial charge in [-0.15, -0.1) is 0 Å². The van der Waals surface area contributed by atoms with Crippen LogP contribution in [-0.4, -0.2) is 15.7 Å². The van der Waals surface area contributed by atoms with Crippen LogP contribution in [-0.2, 0) is 5.41 Å². The van der Waals surface area contributed by atoms with Crippen LogP contribution < -0.4 is 0 Å². The maximum atomic E-state index is 5.25. The molecule has 10 aromatic carbocycles. The normalized spacial score (nSPS) is 12.3. The van der Waals surface area contributed by atoms with Crippen LogP contribution in [0.15, 0.2) is 242 Å². The van der Waals surface area contributed by atoms with E-state index in [1.807, 2.05) is 0 Å². The van der Waals surface area contributed by atoms with Crippen molar-refractivity contribution < 1.29 is 0 Å². The molecule has 0 unspecified atom stereocenters. The summed E-state index contributed by atoms with van der Waals surface area (Å²) in [5.74, 6) is 0.692. The van der Waals surface area contributed by atoms with E-state index in [-0.39, 0.29) is 5.41 Å². The summed E-state index contributed by atoms with van der Waals surface area (Å²) in [5, 5.41) is 9.58. The number of benzene rings is 10. The summed E-state index contributed by atoms with van der Waals surface area (Å²) >= 11 is 0. The monoisotopic (exact) mass is 871 g/mol. The van der Waals surface area contributed by atoms with E-state index in [1.165, 1.54) is 54.2 Å². The van der Waals surface area contributed by atoms with Crippen LogP contribution in [0, 0.1) is 0 Å². The number of allylic oxidation sites excluding steroid dienone is 2. The molecule has 324 valence electrons. The lowest BCUT2D eigenvalue weighted by molar-refractivity contribution is 0.641. The Kier molecular flexibility index (Phi) is 11.0. The van der Waals surface area contributed by atoms with Crippen LogP contribution in [0.1, 0.15) is 48.6 Å². The van der Waals surface area contributed by atoms with E-state index in [0.717, 1.165) is 56.1 Å². The highest BCUT2D eigenvalue weighted by Gasteiger charge is 2.24. The third-order valence-electron chi connectivity index (χ3n) is 13.5. The standard InChI is InChI=1S/C65H49N3/c1-43(51-25-21-46-13-5-9-17-52(46)38-51)37-61(56-26-22-47-14-6-10-18-53(47)39-56)66-44(2)45-29-33-59(34-30-45)65(3,4)60-35-31-50(32-36-60)64-67-62(57-27-23-48-15-7-11-19-54(48)40-57)42-63(68-64)58-28-24-49-16-8-12-20-55(49)41-58/h5-42H,2H2,1,3-4H3/b43-37+,66-61+. The Labute approximate surface area is 398 Å². The van der Waals surface area contributed by atoms with Crippen molar-refractivity contribution >= 4 is 60.1 Å². The fraction of sp³-hybridized carbons (Fsp3) is 0.0615. The van der Waals surface area contributed by atoms with Crippen molar-refractivity contribution in [1.82, 2.24) is 9.97 Å². The predicted molar refractivity (Wildman–Crippen MR) is 289 cm³/mol. The summed E-state index contributed by atoms with van der Waals surface area (Å²) in [6, 6.07) is 79.7. The molecule has 0 saturated heterocycles. The molecule has 11 rings (SSSR count). The average Bonchev–Trinajstić information content (AvgIpc) is 3.40. The van der Waals surface area contributed by atoms with E-state index < -0.39 is 0 Å². The van der Waals surface area contributed by atoms with Gasteiger partial charge in [0.05, 0.1) is 22.8 Å². The highest BCUT2D eigenvalue weighted by molar-refractivity contribution is 6.15. The second kappa shape index (κ2) is 17.7. The topological polar surface area (TPSA) is 38.1 Å². The molecule has 0 bridgehead atoms. The van der Waals surface area contributed by atoms with E-state index in [9.17, 15) is 0 Å². The molecule has 0 radical (unpaired) electrons. The minimum absolute atomic E-state index is 0.290. The first kappa shape index (κ1) is 42.1. The predicted octanol–water partition coefficient (Wildman–Crippen LogP) is 17.0. The summed E-state index contributed by atoms with van der Waals surface area (Å²) < 4.78 is 0. The first-order valence-electron chi connectivity index (χ1n) is 23.3. The van der Waals surface area contributed by atoms with Crippen molar-refractivity contribution in [3.8, 4) is 33.9 Å². The van der Waals surface area contributed by atoms with Crippen LogP contribution in [0.3, 0.4) is 0 Å². The quantitative estimate of drug-likeness (QED) is 0.128. The van der Waals surface area contributed by atoms with Gasteiger partial charge >= 0.3 is 0 Å². The SMILES string of the molecule is C=C(/N=C(\C=C(/C)c1ccc2ccccc2c1)c1ccc2ccccc2c1)c1ccc(C(C)(C)c2ccc(-c3nc(-c4ccc5ccccc5c4)cc(-c4ccc5ccccc5c4)n3)cc2)cc1. The maximum Gasteiger partial charge on any atom is 0.160 e. The van der Waals surface area contributed by atoms with Gasteiger partial charge in [0.2, 0.25) is 0 Å². The van der Waals surface area contributed by atoms with Crippen LogP contribution in [0.25, 0.3) is 88.3 Å². The molecule has 68 heavy (non-hydrogen) atoms. The lowest BCUT2D eigenvalue weighted by atomic mass is 9.77. The number of aliphatic imine (C=N–C) groups is 1. The molecule has 0 spiro atoms. The molecule has 0 aliphatic carbocycles. The Hall–Kier alpha value is -8.53. The van der Waals surface area contributed by atoms with Crippen molar-refractivity contribution in [1.29, 1.82) is 0 Å². The highest BCUT2D eigenvalue weighted by Crippen LogP contribution is 2.36. The molecule has 3 nitrogen and oxygen atoms in total. The van der Waals surface area contributed by atoms with Gasteiger partial charge in [0, 0.05) is 27.7 Å². The van der Waals surface area contributed by atoms with Gasteiger partial charge in [-0.05, 0) is 114 Å². The van der Waals surface area contributed by atoms with Crippen LogP contribution in [0.4, 0.5) is 0 Å². The summed E-state index contributed by atoms with van der Waals surface area (Å²) in [7, 11) is 0. The zero-order valence-electron chi connectivity index (χ0n) is 38.5. The van der Waals surface area contributed by atoms with Gasteiger partial charge in [0.25, 0.3) is 0 Å². The van der Waals surface area contributed by atoms with Gasteiger partial charge < -0.3 is 0 Å². The second-order valence-corrected chi connectivity index (χ2v) is 18.3. The lowest BCUT2D eigenvalue weighted by Gasteiger charge is -2.26. The van der Waals surface area contributed by atoms with Gasteiger partial charge in [-0.3, -0.25) is 0 Å². The minimum Gasteiger partial charge on any atom is -0.248 e. The summed E-state index contributed by atoms with van der Waals surface area (Å²) in [5.41, 5.74) is 12.8. The van der Waals surface area contributed by atoms with E-state index in [4.69, 9.17) is 15.0 Å². The van der Waals surface area contributed by atoms with Gasteiger partial charge in [-0.2, -0.15) is 0 Å². The molecule has 11 aromatic rings. The molecule has 0 saturated carbocycles. The number of hydrogen-bond donors (Lipinski definition) is 0. The fourth-order valence-corrected chi connectivity index (χ4v) is 9.31. The molecule has 0 N–H and O–H groups in total. The van der Waals surface area contributed by atoms with Crippen LogP contribution >= 0.6 is 0 Å². The number of fused-ring (bicyclic) bond motifs is 4. The summed E-state index contributed by atoms with van der Waals surface area (Å²) in [4.78, 5) is 15.7. The zero-order valence-corrected chi connectivity index (χ0v) is 38.5. The summed E-state index contributed by atoms with van der Waals surface area (Å²) in [6.45, 7) is 11.2. The molecule has 1 heterocycles. The van der Waals surface area contributed by atoms with Gasteiger partial charge in [-0.25, -0.2) is 15.0 Å². The van der Waals surface area contributed by atoms with E-state index in [2.05, 4.69) is 258 Å². The molecule has 0 aliphatic rings. The fourth-order valence-electron chi connectivity index (χ4n) is 9.31. The lowest BCUT2D eigenvalue weighted by Crippen LogP contribution is -2.18. The molecular formula is C65H49N3. The van der Waals surface area contributed by atoms with Gasteiger partial charge in [0.15, 0.2) is 5.82 Å². The van der Waals surface area contributed by atoms with E-state index in [1.54, 1.807) is 0 Å². The minimum atomic E-state index is -0.290. The molecule has 0 atom stereocenters. The van der Waals surface area contributed by atoms with Gasteiger partial charge in [0.1, 0.15) is 0 Å². The molecular weight excluding hydrogens is 823 g/mol. The van der Waals surface area contributed by atoms with E-state index >= 15 is 0 Å². The Balaban J connectivity index is 0.894. The molecule has 3 heteroatoms. The number of hydrogen-bond acceptors (Lipinski definition) is 3. The number of aromatic nitrogens is 2. The van der Waals surface area contributed by atoms with Crippen molar-refractivity contribution in [2.75, 3.05) is 0 Å². The van der Waals surface area contributed by atoms with Crippen molar-refractivity contribution in [2.24, 2.45) is 4.99 Å². The molecule has 1 aromatic heterocycles. The first-order chi connectivity index (χ1) is 33.2. The molecule has 0 amide bonds. The van der Waals surface area contributed by atoms with E-state index in [0.29, 0.717) is 11.5 Å². The first-order valence-corrected chi connectivity index (χ1v) is 23.3. The Bertz CT molecular complexity index is 3680. The van der Waals surface area contributed by atoms with Crippen molar-refractivity contribution in [3.63, 3.8) is 0 Å². The Morgan fingerprint density at radius 3 is 1.29 bits per heavy atom. The van der Waals surface area contributed by atoms with Crippen molar-refractivity contribution in [3.05, 3.63) is 265 Å². The average molecular weight is 872 g/mol. The largest absolute Gasteiger partial charge is 0.248 e. The molecule has 0 fully saturated rings. The molecule has 0 aliphatic heterocycles. The second-order valence-electron chi connectivity index (χ2n) is 18.3. The third kappa shape index (κ3) is 8.43. The smallest absolute Gasteiger partial charge is 0.160 e. The number of rotatable bonds is 10. The van der Waals surface area contributed by atoms with Crippen LogP contribution in [0.5, 0.6) is 0 Å². The zero-order chi connectivity index (χ0) is 46.2. The van der Waals surface area contributed by atoms with Gasteiger partial charge in [-0.1, -0.05) is 215 Å².